The molecule has 0 aliphatic heterocycles. The van der Waals surface area contributed by atoms with Gasteiger partial charge in [-0.2, -0.15) is 5.10 Å². The normalized spacial score (nSPS) is 17.8. The zero-order valence-corrected chi connectivity index (χ0v) is 10.7. The van der Waals surface area contributed by atoms with Crippen LogP contribution >= 0.6 is 0 Å². The summed E-state index contributed by atoms with van der Waals surface area (Å²) in [7, 11) is 1.69. The summed E-state index contributed by atoms with van der Waals surface area (Å²) < 4.78 is 7.23. The van der Waals surface area contributed by atoms with E-state index in [1.807, 2.05) is 23.7 Å². The molecule has 18 heavy (non-hydrogen) atoms. The molecule has 3 rings (SSSR count). The Morgan fingerprint density at radius 3 is 2.89 bits per heavy atom. The van der Waals surface area contributed by atoms with Crippen LogP contribution in [-0.4, -0.2) is 16.9 Å². The molecule has 1 unspecified atom stereocenters. The predicted molar refractivity (Wildman–Crippen MR) is 70.8 cm³/mol. The van der Waals surface area contributed by atoms with E-state index >= 15 is 0 Å². The van der Waals surface area contributed by atoms with Crippen molar-refractivity contribution in [2.75, 3.05) is 12.8 Å². The highest BCUT2D eigenvalue weighted by atomic mass is 16.5. The molecule has 2 N–H and O–H groups in total. The summed E-state index contributed by atoms with van der Waals surface area (Å²) >= 11 is 0. The molecule has 0 saturated heterocycles. The third kappa shape index (κ3) is 1.65. The number of hydrogen-bond acceptors (Lipinski definition) is 3. The third-order valence-corrected chi connectivity index (χ3v) is 3.58. The van der Waals surface area contributed by atoms with Crippen molar-refractivity contribution in [1.82, 2.24) is 9.78 Å². The Morgan fingerprint density at radius 2 is 2.22 bits per heavy atom. The van der Waals surface area contributed by atoms with E-state index in [9.17, 15) is 0 Å². The molecule has 0 saturated carbocycles. The molecule has 1 aromatic carbocycles. The predicted octanol–water partition coefficient (Wildman–Crippen LogP) is 2.32. The fraction of sp³-hybridized carbons (Fsp3) is 0.357. The van der Waals surface area contributed by atoms with Gasteiger partial charge in [0, 0.05) is 6.07 Å². The first-order chi connectivity index (χ1) is 8.69. The zero-order valence-electron chi connectivity index (χ0n) is 10.7. The molecule has 0 fully saturated rings. The van der Waals surface area contributed by atoms with Crippen molar-refractivity contribution in [2.24, 2.45) is 0 Å². The van der Waals surface area contributed by atoms with Gasteiger partial charge in [0.15, 0.2) is 0 Å². The van der Waals surface area contributed by atoms with Crippen LogP contribution in [0.2, 0.25) is 0 Å². The number of fused-ring (bicyclic) bond motifs is 1. The van der Waals surface area contributed by atoms with E-state index in [4.69, 9.17) is 10.5 Å². The second-order valence-corrected chi connectivity index (χ2v) is 4.77. The van der Waals surface area contributed by atoms with Crippen LogP contribution in [0.1, 0.15) is 29.3 Å². The van der Waals surface area contributed by atoms with Crippen molar-refractivity contribution in [2.45, 2.75) is 25.8 Å². The summed E-state index contributed by atoms with van der Waals surface area (Å²) in [4.78, 5) is 0. The number of aryl methyl sites for hydroxylation is 2. The van der Waals surface area contributed by atoms with E-state index in [1.165, 1.54) is 11.1 Å². The molecule has 1 aliphatic rings. The molecule has 4 nitrogen and oxygen atoms in total. The number of hydrogen-bond donors (Lipinski definition) is 1. The monoisotopic (exact) mass is 243 g/mol. The number of nitrogens with two attached hydrogens (primary N) is 1. The number of nitrogen functional groups attached to an aromatic ring is 1. The van der Waals surface area contributed by atoms with Crippen LogP contribution in [0.25, 0.3) is 0 Å². The lowest BCUT2D eigenvalue weighted by Gasteiger charge is -2.14. The van der Waals surface area contributed by atoms with Crippen molar-refractivity contribution >= 4 is 5.82 Å². The average Bonchev–Trinajstić information content (AvgIpc) is 2.91. The second kappa shape index (κ2) is 4.05. The topological polar surface area (TPSA) is 53.1 Å². The lowest BCUT2D eigenvalue weighted by molar-refractivity contribution is 0.413. The molecule has 0 radical (unpaired) electrons. The fourth-order valence-electron chi connectivity index (χ4n) is 2.73. The lowest BCUT2D eigenvalue weighted by Crippen LogP contribution is -2.12. The van der Waals surface area contributed by atoms with Gasteiger partial charge in [0.1, 0.15) is 11.6 Å². The van der Waals surface area contributed by atoms with Gasteiger partial charge in [-0.15, -0.1) is 0 Å². The zero-order chi connectivity index (χ0) is 12.7. The first-order valence-corrected chi connectivity index (χ1v) is 6.17. The average molecular weight is 243 g/mol. The minimum atomic E-state index is 0.240. The summed E-state index contributed by atoms with van der Waals surface area (Å²) in [5.41, 5.74) is 9.63. The Morgan fingerprint density at radius 1 is 1.39 bits per heavy atom. The van der Waals surface area contributed by atoms with Crippen LogP contribution in [0.3, 0.4) is 0 Å². The van der Waals surface area contributed by atoms with Crippen molar-refractivity contribution in [3.05, 3.63) is 41.1 Å². The maximum atomic E-state index is 6.02. The third-order valence-electron chi connectivity index (χ3n) is 3.58. The van der Waals surface area contributed by atoms with Gasteiger partial charge in [-0.3, -0.25) is 0 Å². The van der Waals surface area contributed by atoms with Gasteiger partial charge in [0.25, 0.3) is 0 Å². The molecule has 1 aliphatic carbocycles. The van der Waals surface area contributed by atoms with Gasteiger partial charge in [-0.1, -0.05) is 6.07 Å². The van der Waals surface area contributed by atoms with E-state index in [1.54, 1.807) is 7.11 Å². The second-order valence-electron chi connectivity index (χ2n) is 4.77. The number of benzene rings is 1. The molecule has 94 valence electrons. The van der Waals surface area contributed by atoms with Crippen LogP contribution in [0.5, 0.6) is 5.75 Å². The molecule has 0 bridgehead atoms. The van der Waals surface area contributed by atoms with Crippen LogP contribution < -0.4 is 10.5 Å². The van der Waals surface area contributed by atoms with Crippen LogP contribution in [0.4, 0.5) is 5.82 Å². The number of anilines is 1. The van der Waals surface area contributed by atoms with E-state index in [-0.39, 0.29) is 6.04 Å². The van der Waals surface area contributed by atoms with Crippen LogP contribution in [-0.2, 0) is 6.42 Å². The Kier molecular flexibility index (Phi) is 2.51. The highest BCUT2D eigenvalue weighted by Crippen LogP contribution is 2.37. The Balaban J connectivity index is 2.06. The molecule has 1 heterocycles. The highest BCUT2D eigenvalue weighted by Gasteiger charge is 2.26. The molecular formula is C14H17N3O. The maximum Gasteiger partial charge on any atom is 0.122 e. The molecule has 1 atom stereocenters. The summed E-state index contributed by atoms with van der Waals surface area (Å²) in [6.45, 7) is 1.97. The Hall–Kier alpha value is -1.97. The molecule has 0 amide bonds. The molecule has 1 aromatic heterocycles. The smallest absolute Gasteiger partial charge is 0.122 e. The summed E-state index contributed by atoms with van der Waals surface area (Å²) in [5, 5.41) is 4.50. The largest absolute Gasteiger partial charge is 0.497 e. The molecular weight excluding hydrogens is 226 g/mol. The van der Waals surface area contributed by atoms with Crippen LogP contribution in [0.15, 0.2) is 24.3 Å². The van der Waals surface area contributed by atoms with E-state index in [0.29, 0.717) is 0 Å². The number of aromatic nitrogens is 2. The van der Waals surface area contributed by atoms with E-state index in [0.717, 1.165) is 30.1 Å². The number of methoxy groups -OCH3 is 1. The van der Waals surface area contributed by atoms with Crippen molar-refractivity contribution in [3.8, 4) is 5.75 Å². The minimum Gasteiger partial charge on any atom is -0.497 e. The molecule has 2 aromatic rings. The van der Waals surface area contributed by atoms with Crippen LogP contribution in [0, 0.1) is 6.92 Å². The number of ether oxygens (including phenoxy) is 1. The summed E-state index contributed by atoms with van der Waals surface area (Å²) in [5.74, 6) is 1.62. The van der Waals surface area contributed by atoms with E-state index in [2.05, 4.69) is 17.2 Å². The quantitative estimate of drug-likeness (QED) is 0.880. The van der Waals surface area contributed by atoms with Gasteiger partial charge in [0.05, 0.1) is 18.8 Å². The molecule has 0 spiro atoms. The summed E-state index contributed by atoms with van der Waals surface area (Å²) in [6, 6.07) is 8.41. The van der Waals surface area contributed by atoms with Gasteiger partial charge in [-0.25, -0.2) is 4.68 Å². The van der Waals surface area contributed by atoms with Crippen molar-refractivity contribution in [3.63, 3.8) is 0 Å². The van der Waals surface area contributed by atoms with Crippen molar-refractivity contribution < 1.29 is 4.74 Å². The number of nitrogens with zero attached hydrogens (tertiary/aromatic N) is 2. The maximum absolute atomic E-state index is 6.02. The Labute approximate surface area is 106 Å². The van der Waals surface area contributed by atoms with Gasteiger partial charge in [-0.05, 0) is 43.0 Å². The standard InChI is InChI=1S/C14H17N3O/c1-9-7-14(15)17(16-9)13-6-4-10-3-5-11(18-2)8-12(10)13/h3,5,7-8,13H,4,6,15H2,1-2H3. The van der Waals surface area contributed by atoms with E-state index < -0.39 is 0 Å². The lowest BCUT2D eigenvalue weighted by atomic mass is 10.1. The fourth-order valence-corrected chi connectivity index (χ4v) is 2.73. The SMILES string of the molecule is COc1ccc2c(c1)C(n1nc(C)cc1N)CC2. The minimum absolute atomic E-state index is 0.240. The highest BCUT2D eigenvalue weighted by molar-refractivity contribution is 5.43. The number of rotatable bonds is 2. The van der Waals surface area contributed by atoms with Gasteiger partial charge >= 0.3 is 0 Å². The van der Waals surface area contributed by atoms with Gasteiger partial charge in [0.2, 0.25) is 0 Å². The first-order valence-electron chi connectivity index (χ1n) is 6.17. The summed E-state index contributed by atoms with van der Waals surface area (Å²) in [6.07, 6.45) is 2.12. The van der Waals surface area contributed by atoms with Crippen molar-refractivity contribution in [1.29, 1.82) is 0 Å². The van der Waals surface area contributed by atoms with Gasteiger partial charge < -0.3 is 10.5 Å². The Bertz CT molecular complexity index is 589. The first kappa shape index (κ1) is 11.1. The molecule has 4 heteroatoms.